The number of methoxy groups -OCH3 is 1. The second-order valence-corrected chi connectivity index (χ2v) is 3.91. The molecule has 0 unspecified atom stereocenters. The first-order chi connectivity index (χ1) is 8.29. The third-order valence-electron chi connectivity index (χ3n) is 2.58. The highest BCUT2D eigenvalue weighted by atomic mass is 16.5. The average Bonchev–Trinajstić information content (AvgIpc) is 2.77. The Morgan fingerprint density at radius 2 is 2.06 bits per heavy atom. The summed E-state index contributed by atoms with van der Waals surface area (Å²) in [7, 11) is 1.72. The van der Waals surface area contributed by atoms with Crippen molar-refractivity contribution in [3.05, 3.63) is 35.9 Å². The second kappa shape index (κ2) is 5.50. The monoisotopic (exact) mass is 232 g/mol. The number of hydrogen-bond donors (Lipinski definition) is 1. The summed E-state index contributed by atoms with van der Waals surface area (Å²) < 4.78 is 10.1. The van der Waals surface area contributed by atoms with Crippen LogP contribution in [0.25, 0.3) is 11.3 Å². The van der Waals surface area contributed by atoms with Crippen molar-refractivity contribution in [2.45, 2.75) is 12.8 Å². The van der Waals surface area contributed by atoms with Gasteiger partial charge in [-0.25, -0.2) is 0 Å². The third-order valence-corrected chi connectivity index (χ3v) is 2.58. The Hall–Kier alpha value is -1.81. The molecule has 1 heterocycles. The summed E-state index contributed by atoms with van der Waals surface area (Å²) in [4.78, 5) is 0. The van der Waals surface area contributed by atoms with Crippen molar-refractivity contribution in [3.8, 4) is 11.3 Å². The van der Waals surface area contributed by atoms with Crippen LogP contribution < -0.4 is 5.73 Å². The van der Waals surface area contributed by atoms with Crippen LogP contribution in [0.5, 0.6) is 0 Å². The fraction of sp³-hybridized carbons (Fsp3) is 0.308. The van der Waals surface area contributed by atoms with Gasteiger partial charge in [0, 0.05) is 25.3 Å². The minimum atomic E-state index is 0.407. The molecule has 0 spiro atoms. The van der Waals surface area contributed by atoms with Crippen molar-refractivity contribution >= 4 is 5.82 Å². The van der Waals surface area contributed by atoms with Crippen molar-refractivity contribution in [3.63, 3.8) is 0 Å². The number of hydrogen-bond acceptors (Lipinski definition) is 4. The average molecular weight is 232 g/mol. The first-order valence-electron chi connectivity index (χ1n) is 5.60. The Labute approximate surface area is 100 Å². The number of nitrogens with zero attached hydrogens (tertiary/aromatic N) is 1. The van der Waals surface area contributed by atoms with E-state index >= 15 is 0 Å². The Balaban J connectivity index is 2.02. The normalized spacial score (nSPS) is 10.6. The lowest BCUT2D eigenvalue weighted by Gasteiger charge is -2.01. The molecule has 0 amide bonds. The number of benzene rings is 1. The van der Waals surface area contributed by atoms with E-state index in [9.17, 15) is 0 Å². The van der Waals surface area contributed by atoms with Crippen molar-refractivity contribution in [2.75, 3.05) is 19.5 Å². The number of nitrogens with two attached hydrogens (primary N) is 1. The molecule has 0 radical (unpaired) electrons. The van der Waals surface area contributed by atoms with Crippen LogP contribution in [0.4, 0.5) is 5.82 Å². The van der Waals surface area contributed by atoms with Gasteiger partial charge in [0.15, 0.2) is 11.6 Å². The first-order valence-corrected chi connectivity index (χ1v) is 5.60. The molecule has 4 heteroatoms. The molecule has 0 atom stereocenters. The second-order valence-electron chi connectivity index (χ2n) is 3.91. The van der Waals surface area contributed by atoms with Crippen LogP contribution in [-0.4, -0.2) is 18.9 Å². The van der Waals surface area contributed by atoms with Gasteiger partial charge in [-0.15, -0.1) is 0 Å². The van der Waals surface area contributed by atoms with Crippen molar-refractivity contribution < 1.29 is 9.26 Å². The van der Waals surface area contributed by atoms with Gasteiger partial charge in [-0.3, -0.25) is 0 Å². The van der Waals surface area contributed by atoms with Crippen molar-refractivity contribution in [2.24, 2.45) is 0 Å². The Bertz CT molecular complexity index is 463. The molecule has 17 heavy (non-hydrogen) atoms. The molecule has 0 aliphatic carbocycles. The van der Waals surface area contributed by atoms with E-state index in [1.807, 2.05) is 12.1 Å². The molecule has 0 saturated heterocycles. The van der Waals surface area contributed by atoms with Crippen molar-refractivity contribution in [1.29, 1.82) is 0 Å². The van der Waals surface area contributed by atoms with Crippen LogP contribution in [0.1, 0.15) is 12.0 Å². The van der Waals surface area contributed by atoms with Gasteiger partial charge in [0.1, 0.15) is 0 Å². The molecule has 0 bridgehead atoms. The molecule has 0 saturated carbocycles. The van der Waals surface area contributed by atoms with E-state index in [1.165, 1.54) is 5.56 Å². The highest BCUT2D eigenvalue weighted by Crippen LogP contribution is 2.21. The number of anilines is 1. The molecule has 4 nitrogen and oxygen atoms in total. The zero-order valence-corrected chi connectivity index (χ0v) is 9.85. The van der Waals surface area contributed by atoms with E-state index in [-0.39, 0.29) is 0 Å². The highest BCUT2D eigenvalue weighted by Gasteiger charge is 2.04. The van der Waals surface area contributed by atoms with Gasteiger partial charge in [0.25, 0.3) is 0 Å². The third kappa shape index (κ3) is 3.07. The number of aromatic nitrogens is 1. The van der Waals surface area contributed by atoms with E-state index in [4.69, 9.17) is 15.0 Å². The predicted molar refractivity (Wildman–Crippen MR) is 66.5 cm³/mol. The van der Waals surface area contributed by atoms with Gasteiger partial charge < -0.3 is 15.0 Å². The molecule has 1 aromatic heterocycles. The standard InChI is InChI=1S/C13H16N2O2/c1-16-8-2-3-10-4-6-11(7-5-10)12-9-13(14)15-17-12/h4-7,9H,2-3,8H2,1H3,(H2,14,15). The zero-order chi connectivity index (χ0) is 12.1. The van der Waals surface area contributed by atoms with Crippen LogP contribution >= 0.6 is 0 Å². The quantitative estimate of drug-likeness (QED) is 0.804. The molecule has 2 aromatic rings. The molecule has 0 fully saturated rings. The van der Waals surface area contributed by atoms with E-state index in [0.717, 1.165) is 25.0 Å². The van der Waals surface area contributed by atoms with E-state index in [2.05, 4.69) is 17.3 Å². The van der Waals surface area contributed by atoms with Crippen LogP contribution in [-0.2, 0) is 11.2 Å². The molecule has 0 aliphatic heterocycles. The molecule has 2 N–H and O–H groups in total. The Morgan fingerprint density at radius 3 is 2.65 bits per heavy atom. The lowest BCUT2D eigenvalue weighted by Crippen LogP contribution is -1.92. The maximum Gasteiger partial charge on any atom is 0.169 e. The minimum absolute atomic E-state index is 0.407. The maximum absolute atomic E-state index is 5.51. The zero-order valence-electron chi connectivity index (χ0n) is 9.85. The summed E-state index contributed by atoms with van der Waals surface area (Å²) in [6.45, 7) is 0.792. The molecular weight excluding hydrogens is 216 g/mol. The SMILES string of the molecule is COCCCc1ccc(-c2cc(N)no2)cc1. The van der Waals surface area contributed by atoms with Gasteiger partial charge >= 0.3 is 0 Å². The summed E-state index contributed by atoms with van der Waals surface area (Å²) >= 11 is 0. The fourth-order valence-electron chi connectivity index (χ4n) is 1.68. The summed E-state index contributed by atoms with van der Waals surface area (Å²) in [5.41, 5.74) is 7.79. The summed E-state index contributed by atoms with van der Waals surface area (Å²) in [5.74, 6) is 1.11. The largest absolute Gasteiger partial charge is 0.385 e. The number of nitrogen functional groups attached to an aromatic ring is 1. The molecule has 0 aliphatic rings. The van der Waals surface area contributed by atoms with Crippen LogP contribution in [0.15, 0.2) is 34.9 Å². The smallest absolute Gasteiger partial charge is 0.169 e. The topological polar surface area (TPSA) is 61.3 Å². The number of rotatable bonds is 5. The van der Waals surface area contributed by atoms with Gasteiger partial charge in [0.2, 0.25) is 0 Å². The van der Waals surface area contributed by atoms with Gasteiger partial charge in [-0.05, 0) is 18.4 Å². The first kappa shape index (κ1) is 11.7. The summed E-state index contributed by atoms with van der Waals surface area (Å²) in [6, 6.07) is 9.93. The fourth-order valence-corrected chi connectivity index (χ4v) is 1.68. The Kier molecular flexibility index (Phi) is 3.77. The number of aryl methyl sites for hydroxylation is 1. The van der Waals surface area contributed by atoms with Crippen LogP contribution in [0, 0.1) is 0 Å². The van der Waals surface area contributed by atoms with E-state index in [0.29, 0.717) is 11.6 Å². The lowest BCUT2D eigenvalue weighted by molar-refractivity contribution is 0.195. The van der Waals surface area contributed by atoms with Gasteiger partial charge in [-0.2, -0.15) is 0 Å². The minimum Gasteiger partial charge on any atom is -0.385 e. The number of ether oxygens (including phenoxy) is 1. The van der Waals surface area contributed by atoms with Crippen LogP contribution in [0.3, 0.4) is 0 Å². The molecule has 1 aromatic carbocycles. The predicted octanol–water partition coefficient (Wildman–Crippen LogP) is 2.50. The summed E-state index contributed by atoms with van der Waals surface area (Å²) in [5, 5.41) is 3.66. The lowest BCUT2D eigenvalue weighted by atomic mass is 10.1. The van der Waals surface area contributed by atoms with Gasteiger partial charge in [-0.1, -0.05) is 29.4 Å². The van der Waals surface area contributed by atoms with E-state index in [1.54, 1.807) is 13.2 Å². The Morgan fingerprint density at radius 1 is 1.29 bits per heavy atom. The molecule has 90 valence electrons. The van der Waals surface area contributed by atoms with E-state index < -0.39 is 0 Å². The highest BCUT2D eigenvalue weighted by molar-refractivity contribution is 5.60. The van der Waals surface area contributed by atoms with Crippen LogP contribution in [0.2, 0.25) is 0 Å². The molecule has 2 rings (SSSR count). The maximum atomic E-state index is 5.51. The molecular formula is C13H16N2O2. The van der Waals surface area contributed by atoms with Gasteiger partial charge in [0.05, 0.1) is 0 Å². The summed E-state index contributed by atoms with van der Waals surface area (Å²) in [6.07, 6.45) is 2.05. The van der Waals surface area contributed by atoms with Crippen molar-refractivity contribution in [1.82, 2.24) is 5.16 Å².